The first-order valence-corrected chi connectivity index (χ1v) is 6.33. The molecule has 96 valence electrons. The molecule has 19 heavy (non-hydrogen) atoms. The normalized spacial score (nSPS) is 10.5. The molecule has 0 saturated carbocycles. The molecule has 0 aliphatic rings. The quantitative estimate of drug-likeness (QED) is 0.682. The molecular weight excluding hydrogens is 268 g/mol. The number of rotatable bonds is 4. The predicted octanol–water partition coefficient (Wildman–Crippen LogP) is 2.75. The number of hydrogen-bond donors (Lipinski definition) is 0. The van der Waals surface area contributed by atoms with Gasteiger partial charge in [-0.3, -0.25) is 0 Å². The molecule has 3 aromatic rings. The first kappa shape index (κ1) is 11.7. The van der Waals surface area contributed by atoms with E-state index < -0.39 is 5.97 Å². The van der Waals surface area contributed by atoms with Crippen LogP contribution in [0, 0.1) is 0 Å². The lowest BCUT2D eigenvalue weighted by Crippen LogP contribution is -2.04. The Kier molecular flexibility index (Phi) is 3.11. The standard InChI is InChI=1S/C12H8N2O4S/c15-12(9-2-1-4-16-9)17-6-10-13-11(14-18-10)8-3-5-19-7-8/h1-5,7H,6H2. The molecule has 0 unspecified atom stereocenters. The zero-order valence-electron chi connectivity index (χ0n) is 9.61. The molecule has 0 aliphatic carbocycles. The van der Waals surface area contributed by atoms with Gasteiger partial charge in [0.2, 0.25) is 11.6 Å². The van der Waals surface area contributed by atoms with Crippen molar-refractivity contribution in [2.75, 3.05) is 0 Å². The summed E-state index contributed by atoms with van der Waals surface area (Å²) in [4.78, 5) is 15.6. The number of carbonyl (C=O) groups excluding carboxylic acids is 1. The van der Waals surface area contributed by atoms with Crippen LogP contribution in [-0.4, -0.2) is 16.1 Å². The molecule has 3 heterocycles. The summed E-state index contributed by atoms with van der Waals surface area (Å²) in [6.45, 7) is -0.0866. The second-order valence-corrected chi connectivity index (χ2v) is 4.36. The minimum Gasteiger partial charge on any atom is -0.457 e. The van der Waals surface area contributed by atoms with Gasteiger partial charge in [-0.2, -0.15) is 16.3 Å². The second kappa shape index (κ2) is 5.07. The molecule has 0 fully saturated rings. The van der Waals surface area contributed by atoms with Crippen LogP contribution < -0.4 is 0 Å². The molecule has 0 saturated heterocycles. The number of furan rings is 1. The smallest absolute Gasteiger partial charge is 0.374 e. The van der Waals surface area contributed by atoms with E-state index >= 15 is 0 Å². The topological polar surface area (TPSA) is 78.4 Å². The summed E-state index contributed by atoms with van der Waals surface area (Å²) >= 11 is 1.54. The van der Waals surface area contributed by atoms with Gasteiger partial charge in [0.05, 0.1) is 6.26 Å². The van der Waals surface area contributed by atoms with Gasteiger partial charge in [-0.25, -0.2) is 4.79 Å². The van der Waals surface area contributed by atoms with Crippen LogP contribution >= 0.6 is 11.3 Å². The summed E-state index contributed by atoms with van der Waals surface area (Å²) in [6, 6.07) is 5.01. The molecular formula is C12H8N2O4S. The number of carbonyl (C=O) groups is 1. The lowest BCUT2D eigenvalue weighted by Gasteiger charge is -1.97. The van der Waals surface area contributed by atoms with E-state index in [1.165, 1.54) is 12.3 Å². The number of thiophene rings is 1. The first-order chi connectivity index (χ1) is 9.33. The van der Waals surface area contributed by atoms with Gasteiger partial charge in [0.15, 0.2) is 6.61 Å². The lowest BCUT2D eigenvalue weighted by atomic mass is 10.3. The van der Waals surface area contributed by atoms with Crippen molar-refractivity contribution >= 4 is 17.3 Å². The maximum atomic E-state index is 11.5. The average Bonchev–Trinajstić information content (AvgIpc) is 3.14. The largest absolute Gasteiger partial charge is 0.457 e. The van der Waals surface area contributed by atoms with Crippen molar-refractivity contribution in [1.29, 1.82) is 0 Å². The fraction of sp³-hybridized carbons (Fsp3) is 0.0833. The zero-order valence-corrected chi connectivity index (χ0v) is 10.4. The van der Waals surface area contributed by atoms with Crippen LogP contribution in [0.5, 0.6) is 0 Å². The third-order valence-corrected chi connectivity index (χ3v) is 2.98. The molecule has 3 rings (SSSR count). The Balaban J connectivity index is 1.63. The fourth-order valence-corrected chi connectivity index (χ4v) is 2.05. The van der Waals surface area contributed by atoms with E-state index in [9.17, 15) is 4.79 Å². The van der Waals surface area contributed by atoms with E-state index in [1.807, 2.05) is 16.8 Å². The Labute approximate surface area is 111 Å². The highest BCUT2D eigenvalue weighted by Gasteiger charge is 2.14. The van der Waals surface area contributed by atoms with Gasteiger partial charge in [-0.15, -0.1) is 0 Å². The maximum absolute atomic E-state index is 11.5. The Morgan fingerprint density at radius 2 is 2.37 bits per heavy atom. The lowest BCUT2D eigenvalue weighted by molar-refractivity contribution is 0.0394. The average molecular weight is 276 g/mol. The summed E-state index contributed by atoms with van der Waals surface area (Å²) in [5.41, 5.74) is 0.873. The Morgan fingerprint density at radius 1 is 1.42 bits per heavy atom. The van der Waals surface area contributed by atoms with Gasteiger partial charge in [-0.1, -0.05) is 5.16 Å². The second-order valence-electron chi connectivity index (χ2n) is 3.58. The molecule has 0 aliphatic heterocycles. The number of nitrogens with zero attached hydrogens (tertiary/aromatic N) is 2. The van der Waals surface area contributed by atoms with Crippen LogP contribution in [0.25, 0.3) is 11.4 Å². The van der Waals surface area contributed by atoms with Crippen molar-refractivity contribution in [2.24, 2.45) is 0 Å². The first-order valence-electron chi connectivity index (χ1n) is 5.39. The monoisotopic (exact) mass is 276 g/mol. The third kappa shape index (κ3) is 2.55. The minimum absolute atomic E-state index is 0.0866. The molecule has 0 aromatic carbocycles. The van der Waals surface area contributed by atoms with Crippen LogP contribution in [0.3, 0.4) is 0 Å². The number of esters is 1. The summed E-state index contributed by atoms with van der Waals surface area (Å²) < 4.78 is 14.9. The third-order valence-electron chi connectivity index (χ3n) is 2.30. The molecule has 0 N–H and O–H groups in total. The Bertz CT molecular complexity index is 658. The van der Waals surface area contributed by atoms with E-state index in [0.29, 0.717) is 5.82 Å². The fourth-order valence-electron chi connectivity index (χ4n) is 1.42. The number of aromatic nitrogens is 2. The molecule has 0 spiro atoms. The molecule has 0 atom stereocenters. The van der Waals surface area contributed by atoms with Gasteiger partial charge in [0, 0.05) is 10.9 Å². The van der Waals surface area contributed by atoms with Crippen LogP contribution in [0.1, 0.15) is 16.4 Å². The Hall–Kier alpha value is -2.41. The molecule has 0 radical (unpaired) electrons. The van der Waals surface area contributed by atoms with Crippen LogP contribution in [0.4, 0.5) is 0 Å². The van der Waals surface area contributed by atoms with Gasteiger partial charge in [-0.05, 0) is 23.6 Å². The van der Waals surface area contributed by atoms with E-state index in [0.717, 1.165) is 5.56 Å². The van der Waals surface area contributed by atoms with E-state index in [4.69, 9.17) is 13.7 Å². The summed E-state index contributed by atoms with van der Waals surface area (Å²) in [7, 11) is 0. The van der Waals surface area contributed by atoms with Crippen molar-refractivity contribution in [3.63, 3.8) is 0 Å². The van der Waals surface area contributed by atoms with E-state index in [2.05, 4.69) is 10.1 Å². The highest BCUT2D eigenvalue weighted by atomic mass is 32.1. The Morgan fingerprint density at radius 3 is 3.11 bits per heavy atom. The molecule has 0 bridgehead atoms. The highest BCUT2D eigenvalue weighted by molar-refractivity contribution is 7.08. The van der Waals surface area contributed by atoms with E-state index in [-0.39, 0.29) is 18.3 Å². The van der Waals surface area contributed by atoms with Crippen molar-refractivity contribution in [2.45, 2.75) is 6.61 Å². The molecule has 7 heteroatoms. The maximum Gasteiger partial charge on any atom is 0.374 e. The van der Waals surface area contributed by atoms with Crippen LogP contribution in [0.2, 0.25) is 0 Å². The number of ether oxygens (including phenoxy) is 1. The SMILES string of the molecule is O=C(OCc1nc(-c2ccsc2)no1)c1ccco1. The van der Waals surface area contributed by atoms with Gasteiger partial charge in [0.1, 0.15) is 0 Å². The van der Waals surface area contributed by atoms with E-state index in [1.54, 1.807) is 17.4 Å². The van der Waals surface area contributed by atoms with Crippen molar-refractivity contribution in [3.05, 3.63) is 46.9 Å². The highest BCUT2D eigenvalue weighted by Crippen LogP contribution is 2.18. The van der Waals surface area contributed by atoms with Gasteiger partial charge < -0.3 is 13.7 Å². The van der Waals surface area contributed by atoms with Gasteiger partial charge in [0.25, 0.3) is 5.89 Å². The predicted molar refractivity (Wildman–Crippen MR) is 65.4 cm³/mol. The molecule has 0 amide bonds. The van der Waals surface area contributed by atoms with Crippen molar-refractivity contribution in [3.8, 4) is 11.4 Å². The molecule has 6 nitrogen and oxygen atoms in total. The van der Waals surface area contributed by atoms with Crippen molar-refractivity contribution in [1.82, 2.24) is 10.1 Å². The summed E-state index contributed by atoms with van der Waals surface area (Å²) in [6.07, 6.45) is 1.40. The zero-order chi connectivity index (χ0) is 13.1. The van der Waals surface area contributed by atoms with Gasteiger partial charge >= 0.3 is 5.97 Å². The molecule has 3 aromatic heterocycles. The minimum atomic E-state index is -0.569. The van der Waals surface area contributed by atoms with Crippen LogP contribution in [0.15, 0.2) is 44.2 Å². The van der Waals surface area contributed by atoms with Crippen LogP contribution in [-0.2, 0) is 11.3 Å². The van der Waals surface area contributed by atoms with Crippen molar-refractivity contribution < 1.29 is 18.5 Å². The summed E-state index contributed by atoms with van der Waals surface area (Å²) in [5, 5.41) is 7.63. The summed E-state index contributed by atoms with van der Waals surface area (Å²) in [5.74, 6) is 0.282. The number of hydrogen-bond acceptors (Lipinski definition) is 7.